The summed E-state index contributed by atoms with van der Waals surface area (Å²) >= 11 is 0. The summed E-state index contributed by atoms with van der Waals surface area (Å²) in [6, 6.07) is -0.276. The number of sulfone groups is 1. The van der Waals surface area contributed by atoms with Crippen molar-refractivity contribution in [3.05, 3.63) is 12.7 Å². The Labute approximate surface area is 96.0 Å². The first-order chi connectivity index (χ1) is 7.50. The first-order valence-electron chi connectivity index (χ1n) is 5.25. The molecule has 1 rings (SSSR count). The molecule has 1 aliphatic heterocycles. The third-order valence-electron chi connectivity index (χ3n) is 2.48. The summed E-state index contributed by atoms with van der Waals surface area (Å²) in [5, 5.41) is 0. The van der Waals surface area contributed by atoms with Gasteiger partial charge in [-0.1, -0.05) is 6.08 Å². The minimum absolute atomic E-state index is 0.0274. The average Bonchev–Trinajstić information content (AvgIpc) is 2.55. The zero-order chi connectivity index (χ0) is 12.2. The van der Waals surface area contributed by atoms with E-state index >= 15 is 0 Å². The quantitative estimate of drug-likeness (QED) is 0.690. The van der Waals surface area contributed by atoms with Gasteiger partial charge in [0.2, 0.25) is 0 Å². The summed E-state index contributed by atoms with van der Waals surface area (Å²) in [6.07, 6.45) is 1.58. The van der Waals surface area contributed by atoms with Crippen LogP contribution in [0.2, 0.25) is 0 Å². The molecule has 0 aromatic carbocycles. The molecule has 1 unspecified atom stereocenters. The Morgan fingerprint density at radius 1 is 1.62 bits per heavy atom. The molecule has 92 valence electrons. The Balaban J connectivity index is 2.71. The monoisotopic (exact) mass is 247 g/mol. The van der Waals surface area contributed by atoms with Gasteiger partial charge in [-0.3, -0.25) is 0 Å². The van der Waals surface area contributed by atoms with E-state index in [0.29, 0.717) is 13.0 Å². The van der Waals surface area contributed by atoms with Gasteiger partial charge in [0.15, 0.2) is 9.84 Å². The average molecular weight is 247 g/mol. The maximum Gasteiger partial charge on any atom is 0.410 e. The molecule has 1 atom stereocenters. The lowest BCUT2D eigenvalue weighted by Gasteiger charge is -2.25. The molecule has 6 heteroatoms. The Morgan fingerprint density at radius 3 is 2.75 bits per heavy atom. The first-order valence-corrected chi connectivity index (χ1v) is 7.07. The molecule has 0 N–H and O–H groups in total. The van der Waals surface area contributed by atoms with E-state index in [9.17, 15) is 13.2 Å². The van der Waals surface area contributed by atoms with Crippen molar-refractivity contribution in [1.29, 1.82) is 0 Å². The van der Waals surface area contributed by atoms with Crippen LogP contribution in [-0.2, 0) is 14.6 Å². The van der Waals surface area contributed by atoms with E-state index < -0.39 is 15.9 Å². The van der Waals surface area contributed by atoms with E-state index in [4.69, 9.17) is 4.74 Å². The van der Waals surface area contributed by atoms with Crippen LogP contribution in [0, 0.1) is 0 Å². The molecule has 1 heterocycles. The summed E-state index contributed by atoms with van der Waals surface area (Å²) in [6.45, 7) is 5.87. The van der Waals surface area contributed by atoms with Gasteiger partial charge < -0.3 is 9.64 Å². The van der Waals surface area contributed by atoms with Gasteiger partial charge in [0.25, 0.3) is 0 Å². The van der Waals surface area contributed by atoms with E-state index in [-0.39, 0.29) is 24.2 Å². The highest BCUT2D eigenvalue weighted by Gasteiger charge is 2.34. The van der Waals surface area contributed by atoms with Crippen LogP contribution in [0.4, 0.5) is 4.79 Å². The Hall–Kier alpha value is -1.04. The lowest BCUT2D eigenvalue weighted by atomic mass is 10.2. The molecule has 0 bridgehead atoms. The predicted molar refractivity (Wildman–Crippen MR) is 61.0 cm³/mol. The number of ether oxygens (including phenoxy) is 1. The van der Waals surface area contributed by atoms with Crippen LogP contribution in [0.3, 0.4) is 0 Å². The molecular weight excluding hydrogens is 230 g/mol. The van der Waals surface area contributed by atoms with Gasteiger partial charge in [-0.2, -0.15) is 0 Å². The zero-order valence-electron chi connectivity index (χ0n) is 9.39. The topological polar surface area (TPSA) is 63.7 Å². The third-order valence-corrected chi connectivity index (χ3v) is 4.23. The molecule has 16 heavy (non-hydrogen) atoms. The van der Waals surface area contributed by atoms with Gasteiger partial charge in [-0.25, -0.2) is 13.2 Å². The molecule has 5 nitrogen and oxygen atoms in total. The zero-order valence-corrected chi connectivity index (χ0v) is 10.2. The number of hydrogen-bond acceptors (Lipinski definition) is 4. The highest BCUT2D eigenvalue weighted by atomic mass is 32.2. The van der Waals surface area contributed by atoms with Crippen LogP contribution in [0.15, 0.2) is 12.7 Å². The van der Waals surface area contributed by atoms with Crippen LogP contribution in [-0.4, -0.2) is 50.1 Å². The Kier molecular flexibility index (Phi) is 4.35. The molecule has 1 amide bonds. The highest BCUT2D eigenvalue weighted by Crippen LogP contribution is 2.18. The number of carbonyl (C=O) groups is 1. The lowest BCUT2D eigenvalue weighted by molar-refractivity contribution is 0.0992. The molecule has 0 aromatic heterocycles. The molecule has 0 saturated carbocycles. The SMILES string of the molecule is C=CCN(C(=O)OCC)C1CCS(=O)(=O)C1. The maximum atomic E-state index is 11.6. The summed E-state index contributed by atoms with van der Waals surface area (Å²) in [7, 11) is -2.99. The number of amides is 1. The molecule has 0 radical (unpaired) electrons. The molecule has 1 fully saturated rings. The molecule has 1 saturated heterocycles. The van der Waals surface area contributed by atoms with Crippen molar-refractivity contribution >= 4 is 15.9 Å². The van der Waals surface area contributed by atoms with Crippen LogP contribution in [0.25, 0.3) is 0 Å². The second kappa shape index (κ2) is 5.34. The summed E-state index contributed by atoms with van der Waals surface area (Å²) in [4.78, 5) is 13.0. The summed E-state index contributed by atoms with van der Waals surface area (Å²) < 4.78 is 27.5. The second-order valence-corrected chi connectivity index (χ2v) is 5.93. The van der Waals surface area contributed by atoms with Crippen LogP contribution in [0.5, 0.6) is 0 Å². The van der Waals surface area contributed by atoms with Gasteiger partial charge in [0.1, 0.15) is 0 Å². The highest BCUT2D eigenvalue weighted by molar-refractivity contribution is 7.91. The fraction of sp³-hybridized carbons (Fsp3) is 0.700. The van der Waals surface area contributed by atoms with Gasteiger partial charge in [0, 0.05) is 6.54 Å². The van der Waals surface area contributed by atoms with Gasteiger partial charge >= 0.3 is 6.09 Å². The van der Waals surface area contributed by atoms with Gasteiger partial charge in [-0.05, 0) is 13.3 Å². The van der Waals surface area contributed by atoms with Gasteiger partial charge in [0.05, 0.1) is 24.2 Å². The van der Waals surface area contributed by atoms with E-state index in [1.165, 1.54) is 4.90 Å². The number of rotatable bonds is 4. The summed E-state index contributed by atoms with van der Waals surface area (Å²) in [5.74, 6) is 0.171. The second-order valence-electron chi connectivity index (χ2n) is 3.70. The van der Waals surface area contributed by atoms with Crippen molar-refractivity contribution in [2.75, 3.05) is 24.7 Å². The molecule has 0 aromatic rings. The van der Waals surface area contributed by atoms with Crippen molar-refractivity contribution in [1.82, 2.24) is 4.90 Å². The predicted octanol–water partition coefficient (Wildman–Crippen LogP) is 0.818. The van der Waals surface area contributed by atoms with E-state index in [2.05, 4.69) is 6.58 Å². The van der Waals surface area contributed by atoms with Crippen molar-refractivity contribution in [2.24, 2.45) is 0 Å². The van der Waals surface area contributed by atoms with Crippen molar-refractivity contribution in [3.8, 4) is 0 Å². The number of nitrogens with zero attached hydrogens (tertiary/aromatic N) is 1. The maximum absolute atomic E-state index is 11.6. The minimum atomic E-state index is -2.99. The standard InChI is InChI=1S/C10H17NO4S/c1-3-6-11(10(12)15-4-2)9-5-7-16(13,14)8-9/h3,9H,1,4-8H2,2H3. The fourth-order valence-electron chi connectivity index (χ4n) is 1.74. The fourth-order valence-corrected chi connectivity index (χ4v) is 3.47. The van der Waals surface area contributed by atoms with Crippen LogP contribution >= 0.6 is 0 Å². The summed E-state index contributed by atoms with van der Waals surface area (Å²) in [5.41, 5.74) is 0. The molecule has 0 aliphatic carbocycles. The first kappa shape index (κ1) is 13.0. The van der Waals surface area contributed by atoms with Crippen molar-refractivity contribution < 1.29 is 17.9 Å². The molecule has 0 spiro atoms. The van der Waals surface area contributed by atoms with Crippen molar-refractivity contribution in [3.63, 3.8) is 0 Å². The normalized spacial score (nSPS) is 22.7. The number of hydrogen-bond donors (Lipinski definition) is 0. The van der Waals surface area contributed by atoms with E-state index in [1.807, 2.05) is 0 Å². The van der Waals surface area contributed by atoms with E-state index in [0.717, 1.165) is 0 Å². The Bertz CT molecular complexity index is 363. The largest absolute Gasteiger partial charge is 0.450 e. The third kappa shape index (κ3) is 3.23. The van der Waals surface area contributed by atoms with Gasteiger partial charge in [-0.15, -0.1) is 6.58 Å². The smallest absolute Gasteiger partial charge is 0.410 e. The molecule has 1 aliphatic rings. The molecular formula is C10H17NO4S. The van der Waals surface area contributed by atoms with Crippen molar-refractivity contribution in [2.45, 2.75) is 19.4 Å². The Morgan fingerprint density at radius 2 is 2.31 bits per heavy atom. The van der Waals surface area contributed by atoms with Crippen LogP contribution in [0.1, 0.15) is 13.3 Å². The lowest BCUT2D eigenvalue weighted by Crippen LogP contribution is -2.41. The van der Waals surface area contributed by atoms with E-state index in [1.54, 1.807) is 13.0 Å². The minimum Gasteiger partial charge on any atom is -0.450 e. The number of carbonyl (C=O) groups excluding carboxylic acids is 1. The van der Waals surface area contributed by atoms with Crippen LogP contribution < -0.4 is 0 Å².